The maximum Gasteiger partial charge on any atom is 0.336 e. The Kier molecular flexibility index (Phi) is 4.89. The van der Waals surface area contributed by atoms with E-state index in [1.54, 1.807) is 11.0 Å². The van der Waals surface area contributed by atoms with Crippen LogP contribution in [0.2, 0.25) is 0 Å². The lowest BCUT2D eigenvalue weighted by Crippen LogP contribution is -2.44. The molecule has 25 heavy (non-hydrogen) atoms. The monoisotopic (exact) mass is 363 g/mol. The van der Waals surface area contributed by atoms with Gasteiger partial charge >= 0.3 is 5.22 Å². The summed E-state index contributed by atoms with van der Waals surface area (Å²) in [5.41, 5.74) is 1.64. The molecule has 1 fully saturated rings. The zero-order chi connectivity index (χ0) is 18.0. The van der Waals surface area contributed by atoms with Gasteiger partial charge in [-0.3, -0.25) is 4.79 Å². The first-order chi connectivity index (χ1) is 11.9. The van der Waals surface area contributed by atoms with Crippen molar-refractivity contribution in [2.75, 3.05) is 12.3 Å². The van der Waals surface area contributed by atoms with Crippen LogP contribution in [-0.4, -0.2) is 47.8 Å². The maximum atomic E-state index is 12.5. The second-order valence-electron chi connectivity index (χ2n) is 6.43. The highest BCUT2D eigenvalue weighted by molar-refractivity contribution is 7.91. The SMILES string of the molecule is Cc1cccc(-c2nnc(S(=O)(=O)CC(=O)N3CCCCC3C)o2)c1. The van der Waals surface area contributed by atoms with E-state index in [0.717, 1.165) is 24.8 Å². The van der Waals surface area contributed by atoms with Gasteiger partial charge in [-0.1, -0.05) is 22.8 Å². The Morgan fingerprint density at radius 2 is 2.12 bits per heavy atom. The maximum absolute atomic E-state index is 12.5. The predicted octanol–water partition coefficient (Wildman–Crippen LogP) is 2.22. The number of rotatable bonds is 4. The highest BCUT2D eigenvalue weighted by Gasteiger charge is 2.31. The van der Waals surface area contributed by atoms with E-state index in [0.29, 0.717) is 12.1 Å². The number of likely N-dealkylation sites (tertiary alicyclic amines) is 1. The molecule has 0 aliphatic carbocycles. The zero-order valence-corrected chi connectivity index (χ0v) is 15.1. The van der Waals surface area contributed by atoms with E-state index < -0.39 is 26.7 Å². The standard InChI is InChI=1S/C17H21N3O4S/c1-12-6-5-8-14(10-12)16-18-19-17(24-16)25(22,23)11-15(21)20-9-4-3-7-13(20)2/h5-6,8,10,13H,3-4,7,9,11H2,1-2H3. The fourth-order valence-electron chi connectivity index (χ4n) is 3.01. The molecule has 1 amide bonds. The number of aromatic nitrogens is 2. The molecule has 2 heterocycles. The fraction of sp³-hybridized carbons (Fsp3) is 0.471. The van der Waals surface area contributed by atoms with Gasteiger partial charge in [-0.2, -0.15) is 0 Å². The third-order valence-electron chi connectivity index (χ3n) is 4.37. The second-order valence-corrected chi connectivity index (χ2v) is 8.30. The van der Waals surface area contributed by atoms with Crippen LogP contribution in [-0.2, 0) is 14.6 Å². The van der Waals surface area contributed by atoms with Crippen LogP contribution in [0.25, 0.3) is 11.5 Å². The van der Waals surface area contributed by atoms with E-state index in [1.807, 2.05) is 32.0 Å². The van der Waals surface area contributed by atoms with Gasteiger partial charge < -0.3 is 9.32 Å². The summed E-state index contributed by atoms with van der Waals surface area (Å²) in [5, 5.41) is 6.93. The molecule has 134 valence electrons. The van der Waals surface area contributed by atoms with Gasteiger partial charge in [-0.05, 0) is 45.2 Å². The van der Waals surface area contributed by atoms with Crippen LogP contribution in [0.15, 0.2) is 33.9 Å². The van der Waals surface area contributed by atoms with Gasteiger partial charge in [0.1, 0.15) is 5.75 Å². The number of nitrogens with zero attached hydrogens (tertiary/aromatic N) is 3. The molecule has 8 heteroatoms. The van der Waals surface area contributed by atoms with Crippen LogP contribution in [0.1, 0.15) is 31.7 Å². The number of hydrogen-bond donors (Lipinski definition) is 0. The van der Waals surface area contributed by atoms with Crippen LogP contribution >= 0.6 is 0 Å². The lowest BCUT2D eigenvalue weighted by Gasteiger charge is -2.33. The zero-order valence-electron chi connectivity index (χ0n) is 14.3. The first kappa shape index (κ1) is 17.6. The molecule has 1 aromatic heterocycles. The highest BCUT2D eigenvalue weighted by Crippen LogP contribution is 2.22. The van der Waals surface area contributed by atoms with Crippen LogP contribution in [0.5, 0.6) is 0 Å². The minimum atomic E-state index is -3.96. The minimum absolute atomic E-state index is 0.0574. The van der Waals surface area contributed by atoms with Crippen molar-refractivity contribution in [1.82, 2.24) is 15.1 Å². The number of carbonyl (C=O) groups excluding carboxylic acids is 1. The van der Waals surface area contributed by atoms with Crippen LogP contribution in [0.4, 0.5) is 0 Å². The molecular formula is C17H21N3O4S. The molecule has 0 N–H and O–H groups in total. The lowest BCUT2D eigenvalue weighted by atomic mass is 10.0. The van der Waals surface area contributed by atoms with Crippen molar-refractivity contribution in [1.29, 1.82) is 0 Å². The molecule has 7 nitrogen and oxygen atoms in total. The summed E-state index contributed by atoms with van der Waals surface area (Å²) in [5.74, 6) is -0.934. The number of carbonyl (C=O) groups is 1. The van der Waals surface area contributed by atoms with Crippen LogP contribution < -0.4 is 0 Å². The fourth-order valence-corrected chi connectivity index (χ4v) is 3.99. The van der Waals surface area contributed by atoms with Gasteiger partial charge in [0, 0.05) is 18.2 Å². The van der Waals surface area contributed by atoms with Crippen molar-refractivity contribution >= 4 is 15.7 Å². The van der Waals surface area contributed by atoms with Crippen LogP contribution in [0.3, 0.4) is 0 Å². The van der Waals surface area contributed by atoms with Crippen molar-refractivity contribution in [3.8, 4) is 11.5 Å². The molecule has 1 aliphatic rings. The molecule has 1 atom stereocenters. The molecule has 0 saturated carbocycles. The summed E-state index contributed by atoms with van der Waals surface area (Å²) in [4.78, 5) is 14.0. The molecule has 1 unspecified atom stereocenters. The Labute approximate surface area is 147 Å². The van der Waals surface area contributed by atoms with E-state index in [9.17, 15) is 13.2 Å². The first-order valence-corrected chi connectivity index (χ1v) is 9.95. The summed E-state index contributed by atoms with van der Waals surface area (Å²) < 4.78 is 30.2. The predicted molar refractivity (Wildman–Crippen MR) is 91.5 cm³/mol. The van der Waals surface area contributed by atoms with Gasteiger partial charge in [0.05, 0.1) is 0 Å². The van der Waals surface area contributed by atoms with Crippen molar-refractivity contribution in [3.63, 3.8) is 0 Å². The van der Waals surface area contributed by atoms with Crippen LogP contribution in [0, 0.1) is 6.92 Å². The van der Waals surface area contributed by atoms with Crippen molar-refractivity contribution < 1.29 is 17.6 Å². The highest BCUT2D eigenvalue weighted by atomic mass is 32.2. The summed E-state index contributed by atoms with van der Waals surface area (Å²) in [6, 6.07) is 7.38. The molecule has 1 aromatic carbocycles. The summed E-state index contributed by atoms with van der Waals surface area (Å²) in [6.07, 6.45) is 2.85. The van der Waals surface area contributed by atoms with Crippen molar-refractivity contribution in [3.05, 3.63) is 29.8 Å². The smallest absolute Gasteiger partial charge is 0.336 e. The van der Waals surface area contributed by atoms with Crippen molar-refractivity contribution in [2.45, 2.75) is 44.4 Å². The Balaban J connectivity index is 1.77. The largest absolute Gasteiger partial charge is 0.408 e. The molecule has 0 spiro atoms. The van der Waals surface area contributed by atoms with E-state index in [-0.39, 0.29) is 11.9 Å². The van der Waals surface area contributed by atoms with E-state index in [4.69, 9.17) is 4.42 Å². The number of amides is 1. The molecule has 3 rings (SSSR count). The topological polar surface area (TPSA) is 93.4 Å². The van der Waals surface area contributed by atoms with E-state index >= 15 is 0 Å². The molecule has 0 radical (unpaired) electrons. The van der Waals surface area contributed by atoms with Gasteiger partial charge in [0.2, 0.25) is 21.6 Å². The third kappa shape index (κ3) is 3.89. The van der Waals surface area contributed by atoms with Gasteiger partial charge in [-0.15, -0.1) is 5.10 Å². The Bertz CT molecular complexity index is 876. The first-order valence-electron chi connectivity index (χ1n) is 8.29. The minimum Gasteiger partial charge on any atom is -0.408 e. The average molecular weight is 363 g/mol. The Morgan fingerprint density at radius 3 is 2.84 bits per heavy atom. The molecule has 1 saturated heterocycles. The molecule has 2 aromatic rings. The third-order valence-corrected chi connectivity index (χ3v) is 5.70. The van der Waals surface area contributed by atoms with Gasteiger partial charge in [-0.25, -0.2) is 8.42 Å². The average Bonchev–Trinajstić information content (AvgIpc) is 3.06. The number of hydrogen-bond acceptors (Lipinski definition) is 6. The summed E-state index contributed by atoms with van der Waals surface area (Å²) in [7, 11) is -3.96. The Morgan fingerprint density at radius 1 is 1.32 bits per heavy atom. The van der Waals surface area contributed by atoms with Crippen molar-refractivity contribution in [2.24, 2.45) is 0 Å². The summed E-state index contributed by atoms with van der Waals surface area (Å²) >= 11 is 0. The molecule has 0 bridgehead atoms. The normalized spacial score (nSPS) is 18.3. The van der Waals surface area contributed by atoms with E-state index in [2.05, 4.69) is 10.2 Å². The molecular weight excluding hydrogens is 342 g/mol. The number of sulfone groups is 1. The quantitative estimate of drug-likeness (QED) is 0.827. The number of benzene rings is 1. The molecule has 1 aliphatic heterocycles. The lowest BCUT2D eigenvalue weighted by molar-refractivity contribution is -0.131. The Hall–Kier alpha value is -2.22. The van der Waals surface area contributed by atoms with Gasteiger partial charge in [0.15, 0.2) is 0 Å². The number of aryl methyl sites for hydroxylation is 1. The summed E-state index contributed by atoms with van der Waals surface area (Å²) in [6.45, 7) is 4.44. The number of piperidine rings is 1. The van der Waals surface area contributed by atoms with Gasteiger partial charge in [0.25, 0.3) is 0 Å². The van der Waals surface area contributed by atoms with E-state index in [1.165, 1.54) is 0 Å². The second kappa shape index (κ2) is 6.95.